The normalized spacial score (nSPS) is 11.0. The van der Waals surface area contributed by atoms with E-state index in [0.717, 1.165) is 23.3 Å². The number of amides is 1. The number of H-pyrrole nitrogens is 1. The second-order valence-corrected chi connectivity index (χ2v) is 8.26. The molecule has 0 aliphatic rings. The van der Waals surface area contributed by atoms with Crippen LogP contribution in [0, 0.1) is 19.8 Å². The Morgan fingerprint density at radius 3 is 2.61 bits per heavy atom. The second-order valence-electron chi connectivity index (χ2n) is 8.26. The Balaban J connectivity index is 2.28. The summed E-state index contributed by atoms with van der Waals surface area (Å²) in [4.78, 5) is 41.6. The van der Waals surface area contributed by atoms with Crippen molar-refractivity contribution in [1.82, 2.24) is 9.55 Å². The van der Waals surface area contributed by atoms with Crippen LogP contribution in [-0.4, -0.2) is 28.6 Å². The molecule has 0 bridgehead atoms. The zero-order chi connectivity index (χ0) is 23.1. The number of ether oxygens (including phenoxy) is 1. The van der Waals surface area contributed by atoms with E-state index in [0.29, 0.717) is 19.5 Å². The molecule has 1 amide bonds. The fraction of sp³-hybridized carbons (Fsp3) is 0.522. The number of aromatic nitrogens is 2. The van der Waals surface area contributed by atoms with Gasteiger partial charge in [0, 0.05) is 13.1 Å². The van der Waals surface area contributed by atoms with E-state index in [1.54, 1.807) is 0 Å². The van der Waals surface area contributed by atoms with Crippen LogP contribution in [-0.2, 0) is 11.3 Å². The summed E-state index contributed by atoms with van der Waals surface area (Å²) in [6, 6.07) is 5.90. The third-order valence-electron chi connectivity index (χ3n) is 4.99. The van der Waals surface area contributed by atoms with Crippen molar-refractivity contribution in [3.8, 4) is 5.75 Å². The number of benzene rings is 1. The molecule has 1 heterocycles. The van der Waals surface area contributed by atoms with Crippen LogP contribution in [0.4, 0.5) is 11.5 Å². The number of unbranched alkanes of at least 4 members (excludes halogenated alkanes) is 1. The van der Waals surface area contributed by atoms with Crippen molar-refractivity contribution in [2.45, 2.75) is 60.4 Å². The van der Waals surface area contributed by atoms with Gasteiger partial charge in [-0.25, -0.2) is 4.79 Å². The predicted molar refractivity (Wildman–Crippen MR) is 124 cm³/mol. The van der Waals surface area contributed by atoms with Gasteiger partial charge >= 0.3 is 5.69 Å². The lowest BCUT2D eigenvalue weighted by molar-refractivity contribution is -0.119. The summed E-state index contributed by atoms with van der Waals surface area (Å²) in [7, 11) is 0. The topological polar surface area (TPSA) is 110 Å². The third kappa shape index (κ3) is 6.23. The van der Waals surface area contributed by atoms with Crippen LogP contribution in [0.2, 0.25) is 0 Å². The quantitative estimate of drug-likeness (QED) is 0.602. The first-order valence-electron chi connectivity index (χ1n) is 10.8. The van der Waals surface area contributed by atoms with Crippen LogP contribution in [0.5, 0.6) is 5.75 Å². The molecular weight excluding hydrogens is 396 g/mol. The average Bonchev–Trinajstić information content (AvgIpc) is 2.69. The van der Waals surface area contributed by atoms with Crippen LogP contribution in [0.25, 0.3) is 0 Å². The first-order chi connectivity index (χ1) is 14.6. The maximum absolute atomic E-state index is 13.1. The summed E-state index contributed by atoms with van der Waals surface area (Å²) in [6.45, 7) is 10.7. The summed E-state index contributed by atoms with van der Waals surface area (Å²) >= 11 is 0. The maximum Gasteiger partial charge on any atom is 0.330 e. The number of nitrogens with two attached hydrogens (primary N) is 1. The van der Waals surface area contributed by atoms with Crippen LogP contribution in [0.3, 0.4) is 0 Å². The number of nitrogen functional groups attached to an aromatic ring is 1. The monoisotopic (exact) mass is 430 g/mol. The molecule has 0 aliphatic heterocycles. The van der Waals surface area contributed by atoms with Crippen molar-refractivity contribution in [3.63, 3.8) is 0 Å². The molecule has 0 saturated heterocycles. The van der Waals surface area contributed by atoms with Gasteiger partial charge in [0.05, 0.1) is 13.0 Å². The lowest BCUT2D eigenvalue weighted by Crippen LogP contribution is -2.42. The van der Waals surface area contributed by atoms with Gasteiger partial charge in [0.2, 0.25) is 5.91 Å². The van der Waals surface area contributed by atoms with Crippen molar-refractivity contribution in [3.05, 3.63) is 50.2 Å². The van der Waals surface area contributed by atoms with Crippen molar-refractivity contribution in [2.24, 2.45) is 5.92 Å². The van der Waals surface area contributed by atoms with E-state index in [-0.39, 0.29) is 36.4 Å². The van der Waals surface area contributed by atoms with E-state index in [1.807, 2.05) is 52.8 Å². The Morgan fingerprint density at radius 2 is 1.97 bits per heavy atom. The highest BCUT2D eigenvalue weighted by atomic mass is 16.5. The molecule has 1 aromatic carbocycles. The molecule has 0 atom stereocenters. The van der Waals surface area contributed by atoms with Crippen molar-refractivity contribution < 1.29 is 9.53 Å². The van der Waals surface area contributed by atoms with Crippen molar-refractivity contribution >= 4 is 17.4 Å². The van der Waals surface area contributed by atoms with Gasteiger partial charge in [-0.15, -0.1) is 0 Å². The molecule has 8 nitrogen and oxygen atoms in total. The van der Waals surface area contributed by atoms with Gasteiger partial charge in [0.1, 0.15) is 11.6 Å². The lowest BCUT2D eigenvalue weighted by Gasteiger charge is -2.25. The van der Waals surface area contributed by atoms with E-state index < -0.39 is 11.2 Å². The largest absolute Gasteiger partial charge is 0.493 e. The highest BCUT2D eigenvalue weighted by Gasteiger charge is 2.24. The number of hydrogen-bond donors (Lipinski definition) is 2. The van der Waals surface area contributed by atoms with Gasteiger partial charge in [0.15, 0.2) is 5.69 Å². The number of aromatic amines is 1. The molecule has 0 radical (unpaired) electrons. The number of rotatable bonds is 10. The average molecular weight is 431 g/mol. The molecule has 170 valence electrons. The Bertz CT molecular complexity index is 1020. The van der Waals surface area contributed by atoms with Gasteiger partial charge in [-0.3, -0.25) is 19.1 Å². The molecule has 31 heavy (non-hydrogen) atoms. The summed E-state index contributed by atoms with van der Waals surface area (Å²) in [5.41, 5.74) is 7.09. The molecule has 0 fully saturated rings. The van der Waals surface area contributed by atoms with Gasteiger partial charge in [0.25, 0.3) is 5.56 Å². The molecule has 8 heteroatoms. The molecule has 3 N–H and O–H groups in total. The van der Waals surface area contributed by atoms with E-state index in [1.165, 1.54) is 9.47 Å². The van der Waals surface area contributed by atoms with E-state index in [9.17, 15) is 14.4 Å². The van der Waals surface area contributed by atoms with Crippen molar-refractivity contribution in [1.29, 1.82) is 0 Å². The number of hydrogen-bond acceptors (Lipinski definition) is 5. The first kappa shape index (κ1) is 24.2. The van der Waals surface area contributed by atoms with Crippen LogP contribution in [0.15, 0.2) is 27.8 Å². The van der Waals surface area contributed by atoms with Gasteiger partial charge in [-0.1, -0.05) is 39.3 Å². The maximum atomic E-state index is 13.1. The molecule has 0 saturated carbocycles. The highest BCUT2D eigenvalue weighted by molar-refractivity contribution is 5.95. The molecule has 2 rings (SSSR count). The highest BCUT2D eigenvalue weighted by Crippen LogP contribution is 2.21. The number of nitrogens with zero attached hydrogens (tertiary/aromatic N) is 2. The zero-order valence-electron chi connectivity index (χ0n) is 19.2. The fourth-order valence-corrected chi connectivity index (χ4v) is 3.31. The number of carbonyl (C=O) groups excluding carboxylic acids is 1. The SMILES string of the molecule is CCCCN(C(=O)CCOc1cc(C)ccc1C)c1c(N)n(CC(C)C)c(=O)[nH]c1=O. The number of anilines is 2. The fourth-order valence-electron chi connectivity index (χ4n) is 3.31. The first-order valence-corrected chi connectivity index (χ1v) is 10.8. The Morgan fingerprint density at radius 1 is 1.26 bits per heavy atom. The van der Waals surface area contributed by atoms with Crippen molar-refractivity contribution in [2.75, 3.05) is 23.8 Å². The summed E-state index contributed by atoms with van der Waals surface area (Å²) in [5, 5.41) is 0. The number of aryl methyl sites for hydroxylation is 2. The van der Waals surface area contributed by atoms with Crippen LogP contribution < -0.4 is 26.6 Å². The smallest absolute Gasteiger partial charge is 0.330 e. The Labute approximate surface area is 183 Å². The number of nitrogens with one attached hydrogen (secondary N) is 1. The number of carbonyl (C=O) groups is 1. The van der Waals surface area contributed by atoms with Crippen LogP contribution in [0.1, 0.15) is 51.2 Å². The second kappa shape index (κ2) is 10.8. The molecule has 1 aromatic heterocycles. The molecule has 0 aliphatic carbocycles. The van der Waals surface area contributed by atoms with E-state index in [2.05, 4.69) is 4.98 Å². The minimum absolute atomic E-state index is 0.0161. The molecular formula is C23H34N4O4. The Kier molecular flexibility index (Phi) is 8.47. The molecule has 0 spiro atoms. The standard InChI is InChI=1S/C23H34N4O4/c1-6-7-11-26(19(28)10-12-31-18-13-16(4)8-9-17(18)5)20-21(24)27(14-15(2)3)23(30)25-22(20)29/h8-9,13,15H,6-7,10-12,14,24H2,1-5H3,(H,25,29,30). The minimum atomic E-state index is -0.651. The third-order valence-corrected chi connectivity index (χ3v) is 4.99. The molecule has 0 unspecified atom stereocenters. The summed E-state index contributed by atoms with van der Waals surface area (Å²) in [5.74, 6) is 0.619. The zero-order valence-corrected chi connectivity index (χ0v) is 19.2. The minimum Gasteiger partial charge on any atom is -0.493 e. The van der Waals surface area contributed by atoms with Crippen LogP contribution >= 0.6 is 0 Å². The molecule has 2 aromatic rings. The predicted octanol–water partition coefficient (Wildman–Crippen LogP) is 2.99. The lowest BCUT2D eigenvalue weighted by atomic mass is 10.1. The summed E-state index contributed by atoms with van der Waals surface area (Å²) in [6.07, 6.45) is 1.62. The van der Waals surface area contributed by atoms with Gasteiger partial charge in [-0.2, -0.15) is 0 Å². The summed E-state index contributed by atoms with van der Waals surface area (Å²) < 4.78 is 7.13. The Hall–Kier alpha value is -3.03. The van der Waals surface area contributed by atoms with Gasteiger partial charge in [-0.05, 0) is 43.4 Å². The van der Waals surface area contributed by atoms with E-state index in [4.69, 9.17) is 10.5 Å². The van der Waals surface area contributed by atoms with E-state index >= 15 is 0 Å². The van der Waals surface area contributed by atoms with Gasteiger partial charge < -0.3 is 15.4 Å².